The van der Waals surface area contributed by atoms with Gasteiger partial charge in [0, 0.05) is 84.6 Å². The summed E-state index contributed by atoms with van der Waals surface area (Å²) >= 11 is 0. The van der Waals surface area contributed by atoms with E-state index in [-0.39, 0.29) is 30.0 Å². The van der Waals surface area contributed by atoms with Crippen LogP contribution in [-0.2, 0) is 22.5 Å². The van der Waals surface area contributed by atoms with Crippen molar-refractivity contribution in [2.45, 2.75) is 76.7 Å². The maximum Gasteiger partial charge on any atom is 0.234 e. The number of phenols is 1. The number of aromatic hydroxyl groups is 1. The van der Waals surface area contributed by atoms with Gasteiger partial charge in [-0.25, -0.2) is 0 Å². The Morgan fingerprint density at radius 1 is 0.788 bits per heavy atom. The Kier molecular flexibility index (Phi) is 20.0. The monoisotopic (exact) mass is 719 g/mol. The van der Waals surface area contributed by atoms with Crippen LogP contribution in [0.5, 0.6) is 5.75 Å². The van der Waals surface area contributed by atoms with Crippen LogP contribution in [0.3, 0.4) is 0 Å². The Balaban J connectivity index is 1.37. The summed E-state index contributed by atoms with van der Waals surface area (Å²) < 4.78 is 6.55. The number of nitrogens with two attached hydrogens (primary N) is 1. The predicted molar refractivity (Wildman–Crippen MR) is 214 cm³/mol. The van der Waals surface area contributed by atoms with Crippen molar-refractivity contribution in [2.24, 2.45) is 5.73 Å². The average Bonchev–Trinajstić information content (AvgIpc) is 3.15. The van der Waals surface area contributed by atoms with Crippen LogP contribution in [0.15, 0.2) is 66.7 Å². The first-order valence-electron chi connectivity index (χ1n) is 19.7. The number of benzene rings is 3. The minimum Gasteiger partial charge on any atom is -0.508 e. The molecule has 3 aromatic rings. The lowest BCUT2D eigenvalue weighted by Crippen LogP contribution is -2.47. The number of nitrogens with one attached hydrogen (secondary N) is 6. The molecule has 9 N–H and O–H groups in total. The Bertz CT molecular complexity index is 1390. The van der Waals surface area contributed by atoms with E-state index in [0.717, 1.165) is 90.3 Å². The highest BCUT2D eigenvalue weighted by Gasteiger charge is 2.20. The molecule has 0 spiro atoms. The van der Waals surface area contributed by atoms with Gasteiger partial charge in [-0.2, -0.15) is 0 Å². The number of ether oxygens (including phenoxy) is 1. The fourth-order valence-corrected chi connectivity index (χ4v) is 6.70. The van der Waals surface area contributed by atoms with Gasteiger partial charge >= 0.3 is 0 Å². The maximum atomic E-state index is 12.3. The van der Waals surface area contributed by atoms with Crippen LogP contribution in [0, 0.1) is 0 Å². The summed E-state index contributed by atoms with van der Waals surface area (Å²) in [4.78, 5) is 14.7. The van der Waals surface area contributed by atoms with E-state index in [1.165, 1.54) is 35.6 Å². The molecule has 3 unspecified atom stereocenters. The number of carbonyl (C=O) groups excluding carboxylic acids is 1. The summed E-state index contributed by atoms with van der Waals surface area (Å²) in [5.74, 6) is -0.0399. The first-order chi connectivity index (χ1) is 25.5. The topological polar surface area (TPSA) is 148 Å². The average molecular weight is 719 g/mol. The van der Waals surface area contributed by atoms with Crippen molar-refractivity contribution in [2.75, 3.05) is 78.6 Å². The van der Waals surface area contributed by atoms with E-state index in [4.69, 9.17) is 10.5 Å². The summed E-state index contributed by atoms with van der Waals surface area (Å²) in [5, 5.41) is 34.0. The molecule has 1 amide bonds. The quantitative estimate of drug-likeness (QED) is 0.139. The van der Waals surface area contributed by atoms with E-state index in [1.54, 1.807) is 12.1 Å². The third-order valence-corrected chi connectivity index (χ3v) is 9.71. The fourth-order valence-electron chi connectivity index (χ4n) is 6.70. The zero-order valence-corrected chi connectivity index (χ0v) is 31.5. The highest BCUT2D eigenvalue weighted by Crippen LogP contribution is 2.17. The molecule has 0 saturated carbocycles. The molecule has 3 aromatic carbocycles. The number of hydrogen-bond acceptors (Lipinski definition) is 10. The van der Waals surface area contributed by atoms with Gasteiger partial charge in [0.1, 0.15) is 12.0 Å². The van der Waals surface area contributed by atoms with Gasteiger partial charge in [-0.3, -0.25) is 9.69 Å². The highest BCUT2D eigenvalue weighted by atomic mass is 16.5. The van der Waals surface area contributed by atoms with E-state index < -0.39 is 0 Å². The highest BCUT2D eigenvalue weighted by molar-refractivity contribution is 5.83. The summed E-state index contributed by atoms with van der Waals surface area (Å²) in [5.41, 5.74) is 8.26. The molecule has 11 heteroatoms. The van der Waals surface area contributed by atoms with Gasteiger partial charge in [-0.15, -0.1) is 0 Å². The largest absolute Gasteiger partial charge is 0.508 e. The van der Waals surface area contributed by atoms with Crippen molar-refractivity contribution < 1.29 is 14.6 Å². The fraction of sp³-hybridized carbons (Fsp3) is 0.585. The van der Waals surface area contributed by atoms with Crippen molar-refractivity contribution in [1.29, 1.82) is 0 Å². The Labute approximate surface area is 312 Å². The first-order valence-corrected chi connectivity index (χ1v) is 19.7. The molecule has 1 heterocycles. The van der Waals surface area contributed by atoms with Gasteiger partial charge < -0.3 is 47.5 Å². The molecule has 52 heavy (non-hydrogen) atoms. The van der Waals surface area contributed by atoms with E-state index in [9.17, 15) is 9.90 Å². The first kappa shape index (κ1) is 41.6. The molecule has 3 atom stereocenters. The Hall–Kier alpha value is -3.13. The molecule has 1 saturated heterocycles. The Morgan fingerprint density at radius 2 is 1.50 bits per heavy atom. The molecular formula is C41H66N8O3. The number of nitrogens with zero attached hydrogens (tertiary/aromatic N) is 1. The van der Waals surface area contributed by atoms with Crippen molar-refractivity contribution in [3.8, 4) is 5.75 Å². The summed E-state index contributed by atoms with van der Waals surface area (Å²) in [6, 6.07) is 22.6. The molecule has 1 fully saturated rings. The number of unbranched alkanes of at least 4 members (excludes halogenated alkanes) is 3. The molecule has 0 radical (unpaired) electrons. The van der Waals surface area contributed by atoms with Gasteiger partial charge in [0.2, 0.25) is 5.91 Å². The molecule has 0 bridgehead atoms. The normalized spacial score (nSPS) is 21.8. The van der Waals surface area contributed by atoms with Crippen molar-refractivity contribution >= 4 is 16.7 Å². The van der Waals surface area contributed by atoms with Crippen LogP contribution >= 0.6 is 0 Å². The third-order valence-electron chi connectivity index (χ3n) is 9.71. The summed E-state index contributed by atoms with van der Waals surface area (Å²) in [6.45, 7) is 12.5. The number of carbonyl (C=O) groups is 1. The predicted octanol–water partition coefficient (Wildman–Crippen LogP) is 3.07. The lowest BCUT2D eigenvalue weighted by molar-refractivity contribution is -0.120. The van der Waals surface area contributed by atoms with E-state index in [2.05, 4.69) is 86.2 Å². The molecular weight excluding hydrogens is 653 g/mol. The summed E-state index contributed by atoms with van der Waals surface area (Å²) in [6.07, 6.45) is 6.93. The van der Waals surface area contributed by atoms with Crippen molar-refractivity contribution in [1.82, 2.24) is 36.8 Å². The van der Waals surface area contributed by atoms with Crippen LogP contribution in [-0.4, -0.2) is 113 Å². The van der Waals surface area contributed by atoms with Crippen LogP contribution in [0.2, 0.25) is 0 Å². The molecule has 0 aromatic heterocycles. The molecule has 1 aliphatic rings. The number of rotatable bonds is 11. The second kappa shape index (κ2) is 25.0. The van der Waals surface area contributed by atoms with Crippen LogP contribution < -0.4 is 37.6 Å². The molecule has 288 valence electrons. The van der Waals surface area contributed by atoms with E-state index in [0.29, 0.717) is 26.1 Å². The van der Waals surface area contributed by atoms with E-state index >= 15 is 0 Å². The van der Waals surface area contributed by atoms with Crippen LogP contribution in [0.4, 0.5) is 0 Å². The van der Waals surface area contributed by atoms with Crippen LogP contribution in [0.25, 0.3) is 10.8 Å². The van der Waals surface area contributed by atoms with Crippen LogP contribution in [0.1, 0.15) is 56.6 Å². The molecule has 0 aliphatic carbocycles. The molecule has 1 aliphatic heterocycles. The zero-order chi connectivity index (χ0) is 36.6. The minimum absolute atomic E-state index is 0.110. The van der Waals surface area contributed by atoms with Crippen molar-refractivity contribution in [3.05, 3.63) is 77.9 Å². The van der Waals surface area contributed by atoms with Gasteiger partial charge in [0.25, 0.3) is 0 Å². The third kappa shape index (κ3) is 16.3. The SMILES string of the molecule is CCCCCCOC1CNCCCC(C(N)=O)NCCNCC(Cc2ccc3ccccc3c2)NCCNCCNCCN1Cc1ccc(O)cc1. The second-order valence-corrected chi connectivity index (χ2v) is 14.0. The maximum absolute atomic E-state index is 12.3. The lowest BCUT2D eigenvalue weighted by Gasteiger charge is -2.32. The summed E-state index contributed by atoms with van der Waals surface area (Å²) in [7, 11) is 0. The van der Waals surface area contributed by atoms with E-state index in [1.807, 2.05) is 12.1 Å². The number of hydrogen-bond donors (Lipinski definition) is 8. The number of amides is 1. The Morgan fingerprint density at radius 3 is 2.31 bits per heavy atom. The molecule has 4 rings (SSSR count). The van der Waals surface area contributed by atoms with Gasteiger partial charge in [0.15, 0.2) is 0 Å². The lowest BCUT2D eigenvalue weighted by atomic mass is 10.0. The van der Waals surface area contributed by atoms with Gasteiger partial charge in [-0.1, -0.05) is 80.8 Å². The van der Waals surface area contributed by atoms with Crippen molar-refractivity contribution in [3.63, 3.8) is 0 Å². The number of fused-ring (bicyclic) bond motifs is 1. The second-order valence-electron chi connectivity index (χ2n) is 14.0. The van der Waals surface area contributed by atoms with Gasteiger partial charge in [-0.05, 0) is 66.3 Å². The number of phenolic OH excluding ortho intramolecular Hbond substituents is 1. The smallest absolute Gasteiger partial charge is 0.234 e. The minimum atomic E-state index is -0.370. The van der Waals surface area contributed by atoms with Gasteiger partial charge in [0.05, 0.1) is 6.04 Å². The zero-order valence-electron chi connectivity index (χ0n) is 31.5. The standard InChI is InChI=1S/C41H66N8O3/c1-2-3-4-7-27-52-40-31-45-18-8-11-39(41(42)51)48-24-22-46-30-37(29-34-12-15-35-9-5-6-10-36(35)28-34)47-23-21-43-19-20-44-25-26-49(40)32-33-13-16-38(50)17-14-33/h5-6,9-10,12-17,28,37,39-40,43-48,50H,2-4,7-8,11,18-27,29-32H2,1H3,(H2,42,51). The molecule has 11 nitrogen and oxygen atoms in total. The number of primary amides is 1.